The third kappa shape index (κ3) is 3.06. The lowest BCUT2D eigenvalue weighted by molar-refractivity contribution is 0.223. The number of benzene rings is 1. The summed E-state index contributed by atoms with van der Waals surface area (Å²) in [6, 6.07) is 4.86. The average Bonchev–Trinajstić information content (AvgIpc) is 2.31. The van der Waals surface area contributed by atoms with Gasteiger partial charge in [0.15, 0.2) is 0 Å². The molecule has 0 spiro atoms. The van der Waals surface area contributed by atoms with Crippen LogP contribution in [0.15, 0.2) is 22.7 Å². The van der Waals surface area contributed by atoms with E-state index in [2.05, 4.69) is 15.9 Å². The van der Waals surface area contributed by atoms with Gasteiger partial charge in [0, 0.05) is 18.1 Å². The highest BCUT2D eigenvalue weighted by molar-refractivity contribution is 9.10. The Balaban J connectivity index is 3.17. The molecule has 0 radical (unpaired) electrons. The van der Waals surface area contributed by atoms with Crippen molar-refractivity contribution in [2.75, 3.05) is 6.61 Å². The molecule has 0 aliphatic heterocycles. The van der Waals surface area contributed by atoms with Gasteiger partial charge in [0.2, 0.25) is 0 Å². The third-order valence-electron chi connectivity index (χ3n) is 3.47. The number of aliphatic hydroxyl groups is 1. The summed E-state index contributed by atoms with van der Waals surface area (Å²) >= 11 is 3.18. The maximum absolute atomic E-state index is 13.2. The minimum absolute atomic E-state index is 0.0630. The molecule has 0 aromatic heterocycles. The van der Waals surface area contributed by atoms with Crippen molar-refractivity contribution < 1.29 is 9.50 Å². The molecule has 0 saturated heterocycles. The van der Waals surface area contributed by atoms with Gasteiger partial charge in [-0.05, 0) is 46.5 Å². The van der Waals surface area contributed by atoms with E-state index in [9.17, 15) is 9.50 Å². The molecule has 17 heavy (non-hydrogen) atoms. The fraction of sp³-hybridized carbons (Fsp3) is 0.538. The van der Waals surface area contributed by atoms with Crippen LogP contribution in [0.2, 0.25) is 0 Å². The average molecular weight is 304 g/mol. The SMILES string of the molecule is CCC(N)C(C)(CCO)c1ccc(F)c(Br)c1. The lowest BCUT2D eigenvalue weighted by atomic mass is 9.73. The van der Waals surface area contributed by atoms with Gasteiger partial charge < -0.3 is 10.8 Å². The van der Waals surface area contributed by atoms with Crippen LogP contribution >= 0.6 is 15.9 Å². The minimum atomic E-state index is -0.334. The second-order valence-corrected chi connectivity index (χ2v) is 5.39. The van der Waals surface area contributed by atoms with Crippen molar-refractivity contribution in [2.24, 2.45) is 5.73 Å². The molecule has 96 valence electrons. The molecule has 2 atom stereocenters. The van der Waals surface area contributed by atoms with Crippen molar-refractivity contribution in [2.45, 2.75) is 38.1 Å². The summed E-state index contributed by atoms with van der Waals surface area (Å²) in [5, 5.41) is 9.19. The second kappa shape index (κ2) is 5.94. The van der Waals surface area contributed by atoms with Crippen molar-refractivity contribution in [3.63, 3.8) is 0 Å². The third-order valence-corrected chi connectivity index (χ3v) is 4.08. The Bertz CT molecular complexity index is 386. The largest absolute Gasteiger partial charge is 0.396 e. The van der Waals surface area contributed by atoms with Crippen molar-refractivity contribution in [3.05, 3.63) is 34.1 Å². The number of hydrogen-bond donors (Lipinski definition) is 2. The van der Waals surface area contributed by atoms with E-state index in [1.807, 2.05) is 13.8 Å². The Hall–Kier alpha value is -0.450. The van der Waals surface area contributed by atoms with Crippen LogP contribution in [0.1, 0.15) is 32.3 Å². The van der Waals surface area contributed by atoms with Gasteiger partial charge in [-0.25, -0.2) is 4.39 Å². The molecule has 0 bridgehead atoms. The molecule has 2 nitrogen and oxygen atoms in total. The Morgan fingerprint density at radius 1 is 1.53 bits per heavy atom. The molecule has 3 N–H and O–H groups in total. The molecular formula is C13H19BrFNO. The number of rotatable bonds is 5. The van der Waals surface area contributed by atoms with E-state index in [0.29, 0.717) is 10.9 Å². The van der Waals surface area contributed by atoms with E-state index in [0.717, 1.165) is 12.0 Å². The van der Waals surface area contributed by atoms with Crippen LogP contribution in [0.25, 0.3) is 0 Å². The van der Waals surface area contributed by atoms with Gasteiger partial charge >= 0.3 is 0 Å². The summed E-state index contributed by atoms with van der Waals surface area (Å²) in [4.78, 5) is 0. The van der Waals surface area contributed by atoms with Crippen LogP contribution in [0.3, 0.4) is 0 Å². The molecule has 0 aliphatic carbocycles. The lowest BCUT2D eigenvalue weighted by Gasteiger charge is -2.35. The van der Waals surface area contributed by atoms with Crippen LogP contribution < -0.4 is 5.73 Å². The normalized spacial score (nSPS) is 16.6. The van der Waals surface area contributed by atoms with E-state index >= 15 is 0 Å². The Labute approximate surface area is 110 Å². The number of halogens is 2. The molecule has 2 unspecified atom stereocenters. The summed E-state index contributed by atoms with van der Waals surface area (Å²) in [5.74, 6) is -0.287. The van der Waals surface area contributed by atoms with E-state index < -0.39 is 0 Å². The molecular weight excluding hydrogens is 285 g/mol. The summed E-state index contributed by atoms with van der Waals surface area (Å²) < 4.78 is 13.7. The van der Waals surface area contributed by atoms with Crippen LogP contribution in [-0.4, -0.2) is 17.8 Å². The van der Waals surface area contributed by atoms with Crippen molar-refractivity contribution in [1.82, 2.24) is 0 Å². The maximum atomic E-state index is 13.2. The number of nitrogens with two attached hydrogens (primary N) is 1. The zero-order chi connectivity index (χ0) is 13.1. The van der Waals surface area contributed by atoms with Crippen molar-refractivity contribution in [3.8, 4) is 0 Å². The molecule has 0 fully saturated rings. The molecule has 4 heteroatoms. The van der Waals surface area contributed by atoms with Gasteiger partial charge in [-0.15, -0.1) is 0 Å². The van der Waals surface area contributed by atoms with E-state index in [4.69, 9.17) is 5.73 Å². The summed E-state index contributed by atoms with van der Waals surface area (Å²) in [6.07, 6.45) is 1.38. The first-order chi connectivity index (χ1) is 7.95. The fourth-order valence-electron chi connectivity index (χ4n) is 2.08. The highest BCUT2D eigenvalue weighted by Gasteiger charge is 2.32. The molecule has 0 saturated carbocycles. The molecule has 0 heterocycles. The molecule has 1 aromatic rings. The predicted molar refractivity (Wildman–Crippen MR) is 71.4 cm³/mol. The van der Waals surface area contributed by atoms with Gasteiger partial charge in [0.05, 0.1) is 4.47 Å². The number of hydrogen-bond acceptors (Lipinski definition) is 2. The Morgan fingerprint density at radius 2 is 2.18 bits per heavy atom. The summed E-state index contributed by atoms with van der Waals surface area (Å²) in [5.41, 5.74) is 6.76. The first kappa shape index (κ1) is 14.6. The molecule has 0 aliphatic rings. The molecule has 1 rings (SSSR count). The van der Waals surface area contributed by atoms with Crippen LogP contribution in [-0.2, 0) is 5.41 Å². The topological polar surface area (TPSA) is 46.2 Å². The monoisotopic (exact) mass is 303 g/mol. The van der Waals surface area contributed by atoms with Gasteiger partial charge in [-0.3, -0.25) is 0 Å². The second-order valence-electron chi connectivity index (χ2n) is 4.53. The Morgan fingerprint density at radius 3 is 2.65 bits per heavy atom. The van der Waals surface area contributed by atoms with Gasteiger partial charge in [0.1, 0.15) is 5.82 Å². The van der Waals surface area contributed by atoms with E-state index in [1.165, 1.54) is 6.07 Å². The predicted octanol–water partition coefficient (Wildman–Crippen LogP) is 2.97. The van der Waals surface area contributed by atoms with Gasteiger partial charge in [-0.1, -0.05) is 19.9 Å². The van der Waals surface area contributed by atoms with Crippen LogP contribution in [0.5, 0.6) is 0 Å². The maximum Gasteiger partial charge on any atom is 0.137 e. The molecule has 0 amide bonds. The first-order valence-electron chi connectivity index (χ1n) is 5.77. The van der Waals surface area contributed by atoms with E-state index in [-0.39, 0.29) is 23.9 Å². The summed E-state index contributed by atoms with van der Waals surface area (Å²) in [7, 11) is 0. The number of aliphatic hydroxyl groups excluding tert-OH is 1. The van der Waals surface area contributed by atoms with Crippen LogP contribution in [0, 0.1) is 5.82 Å². The van der Waals surface area contributed by atoms with Crippen LogP contribution in [0.4, 0.5) is 4.39 Å². The van der Waals surface area contributed by atoms with Gasteiger partial charge in [0.25, 0.3) is 0 Å². The van der Waals surface area contributed by atoms with Crippen molar-refractivity contribution >= 4 is 15.9 Å². The smallest absolute Gasteiger partial charge is 0.137 e. The first-order valence-corrected chi connectivity index (χ1v) is 6.57. The highest BCUT2D eigenvalue weighted by atomic mass is 79.9. The van der Waals surface area contributed by atoms with E-state index in [1.54, 1.807) is 12.1 Å². The van der Waals surface area contributed by atoms with Crippen molar-refractivity contribution in [1.29, 1.82) is 0 Å². The lowest BCUT2D eigenvalue weighted by Crippen LogP contribution is -2.43. The standard InChI is InChI=1S/C13H19BrFNO/c1-3-12(16)13(2,6-7-17)9-4-5-11(15)10(14)8-9/h4-5,8,12,17H,3,6-7,16H2,1-2H3. The molecule has 1 aromatic carbocycles. The minimum Gasteiger partial charge on any atom is -0.396 e. The van der Waals surface area contributed by atoms with Gasteiger partial charge in [-0.2, -0.15) is 0 Å². The highest BCUT2D eigenvalue weighted by Crippen LogP contribution is 2.33. The quantitative estimate of drug-likeness (QED) is 0.878. The zero-order valence-corrected chi connectivity index (χ0v) is 11.8. The zero-order valence-electron chi connectivity index (χ0n) is 10.2. The summed E-state index contributed by atoms with van der Waals surface area (Å²) in [6.45, 7) is 4.09. The fourth-order valence-corrected chi connectivity index (χ4v) is 2.46. The Kier molecular flexibility index (Phi) is 5.10.